The highest BCUT2D eigenvalue weighted by Crippen LogP contribution is 2.37. The molecule has 0 heterocycles. The molecule has 1 unspecified atom stereocenters. The molecular weight excluding hydrogens is 312 g/mol. The maximum atomic E-state index is 9.89. The predicted octanol–water partition coefficient (Wildman–Crippen LogP) is 6.18. The highest BCUT2D eigenvalue weighted by Gasteiger charge is 2.38. The lowest BCUT2D eigenvalue weighted by atomic mass is 10.0. The first kappa shape index (κ1) is 18.8. The highest BCUT2D eigenvalue weighted by atomic mass is 28.4. The third kappa shape index (κ3) is 4.28. The lowest BCUT2D eigenvalue weighted by molar-refractivity contribution is 0.173. The molecule has 0 saturated carbocycles. The summed E-state index contributed by atoms with van der Waals surface area (Å²) in [6.07, 6.45) is 0.359. The molecule has 0 fully saturated rings. The fourth-order valence-corrected chi connectivity index (χ4v) is 3.33. The smallest absolute Gasteiger partial charge is 0.250 e. The summed E-state index contributed by atoms with van der Waals surface area (Å²) in [6, 6.07) is 16.5. The van der Waals surface area contributed by atoms with Gasteiger partial charge < -0.3 is 9.53 Å². The van der Waals surface area contributed by atoms with Crippen molar-refractivity contribution < 1.29 is 9.53 Å². The van der Waals surface area contributed by atoms with Gasteiger partial charge in [-0.1, -0.05) is 64.1 Å². The summed E-state index contributed by atoms with van der Waals surface area (Å²) >= 11 is 0. The molecule has 0 saturated heterocycles. The number of rotatable bonds is 5. The van der Waals surface area contributed by atoms with E-state index < -0.39 is 8.32 Å². The molecule has 0 radical (unpaired) electrons. The van der Waals surface area contributed by atoms with Crippen molar-refractivity contribution in [2.45, 2.75) is 58.4 Å². The Labute approximate surface area is 147 Å². The van der Waals surface area contributed by atoms with Crippen molar-refractivity contribution >= 4 is 8.32 Å². The van der Waals surface area contributed by atoms with Crippen LogP contribution in [0.2, 0.25) is 18.1 Å². The monoisotopic (exact) mass is 342 g/mol. The first-order valence-electron chi connectivity index (χ1n) is 8.71. The van der Waals surface area contributed by atoms with Gasteiger partial charge in [0.25, 0.3) is 0 Å². The van der Waals surface area contributed by atoms with Gasteiger partial charge in [-0.2, -0.15) is 0 Å². The summed E-state index contributed by atoms with van der Waals surface area (Å²) in [4.78, 5) is 0. The van der Waals surface area contributed by atoms with Crippen LogP contribution in [0.15, 0.2) is 48.5 Å². The Morgan fingerprint density at radius 1 is 0.917 bits per heavy atom. The molecule has 0 spiro atoms. The minimum absolute atomic E-state index is 0.196. The van der Waals surface area contributed by atoms with E-state index >= 15 is 0 Å². The van der Waals surface area contributed by atoms with Crippen molar-refractivity contribution in [2.75, 3.05) is 0 Å². The number of aliphatic hydroxyl groups excluding tert-OH is 1. The van der Waals surface area contributed by atoms with Gasteiger partial charge in [-0.3, -0.25) is 0 Å². The number of hydrogen-bond acceptors (Lipinski definition) is 2. The molecule has 0 aliphatic carbocycles. The fraction of sp³-hybridized carbons (Fsp3) is 0.429. The SMILES string of the molecule is CCC(O)c1ccc(-c2ccc(O[Si](C)(C)C(C)(C)C)cc2)cc1. The van der Waals surface area contributed by atoms with Crippen molar-refractivity contribution in [3.8, 4) is 16.9 Å². The van der Waals surface area contributed by atoms with E-state index in [4.69, 9.17) is 4.43 Å². The zero-order valence-electron chi connectivity index (χ0n) is 15.8. The average molecular weight is 343 g/mol. The third-order valence-electron chi connectivity index (χ3n) is 5.05. The maximum Gasteiger partial charge on any atom is 0.250 e. The van der Waals surface area contributed by atoms with E-state index in [1.54, 1.807) is 0 Å². The molecule has 0 aliphatic rings. The second-order valence-electron chi connectivity index (χ2n) is 7.93. The molecule has 0 amide bonds. The minimum Gasteiger partial charge on any atom is -0.544 e. The molecule has 2 aromatic carbocycles. The molecule has 0 aromatic heterocycles. The normalized spacial score (nSPS) is 13.6. The van der Waals surface area contributed by atoms with E-state index in [-0.39, 0.29) is 11.1 Å². The van der Waals surface area contributed by atoms with Gasteiger partial charge in [0.05, 0.1) is 6.10 Å². The van der Waals surface area contributed by atoms with Gasteiger partial charge in [0.15, 0.2) is 0 Å². The zero-order valence-corrected chi connectivity index (χ0v) is 16.8. The number of hydrogen-bond donors (Lipinski definition) is 1. The van der Waals surface area contributed by atoms with Gasteiger partial charge >= 0.3 is 0 Å². The Bertz CT molecular complexity index is 652. The van der Waals surface area contributed by atoms with Crippen LogP contribution in [0.1, 0.15) is 45.8 Å². The predicted molar refractivity (Wildman–Crippen MR) is 105 cm³/mol. The van der Waals surface area contributed by atoms with Crippen LogP contribution >= 0.6 is 0 Å². The third-order valence-corrected chi connectivity index (χ3v) is 9.41. The summed E-state index contributed by atoms with van der Waals surface area (Å²) in [5.74, 6) is 0.948. The molecule has 2 aromatic rings. The summed E-state index contributed by atoms with van der Waals surface area (Å²) in [6.45, 7) is 13.3. The summed E-state index contributed by atoms with van der Waals surface area (Å²) in [7, 11) is -1.79. The maximum absolute atomic E-state index is 9.89. The number of aliphatic hydroxyl groups is 1. The zero-order chi connectivity index (χ0) is 18.0. The van der Waals surface area contributed by atoms with E-state index in [1.165, 1.54) is 0 Å². The van der Waals surface area contributed by atoms with Gasteiger partial charge in [-0.25, -0.2) is 0 Å². The molecule has 2 nitrogen and oxygen atoms in total. The lowest BCUT2D eigenvalue weighted by Crippen LogP contribution is -2.43. The van der Waals surface area contributed by atoms with Gasteiger partial charge in [0, 0.05) is 0 Å². The summed E-state index contributed by atoms with van der Waals surface area (Å²) < 4.78 is 6.33. The molecule has 0 aliphatic heterocycles. The van der Waals surface area contributed by atoms with Crippen molar-refractivity contribution in [1.82, 2.24) is 0 Å². The second-order valence-corrected chi connectivity index (χ2v) is 12.7. The second kappa shape index (κ2) is 7.12. The minimum atomic E-state index is -1.79. The quantitative estimate of drug-likeness (QED) is 0.657. The van der Waals surface area contributed by atoms with Crippen molar-refractivity contribution in [3.05, 3.63) is 54.1 Å². The Kier molecular flexibility index (Phi) is 5.56. The molecule has 130 valence electrons. The van der Waals surface area contributed by atoms with Crippen LogP contribution in [-0.4, -0.2) is 13.4 Å². The van der Waals surface area contributed by atoms with Crippen molar-refractivity contribution in [1.29, 1.82) is 0 Å². The van der Waals surface area contributed by atoms with Crippen LogP contribution in [0.5, 0.6) is 5.75 Å². The van der Waals surface area contributed by atoms with Gasteiger partial charge in [-0.15, -0.1) is 0 Å². The highest BCUT2D eigenvalue weighted by molar-refractivity contribution is 6.74. The van der Waals surface area contributed by atoms with Crippen LogP contribution in [-0.2, 0) is 0 Å². The van der Waals surface area contributed by atoms with Crippen LogP contribution in [0, 0.1) is 0 Å². The standard InChI is InChI=1S/C21H30O2Si/c1-7-20(22)18-10-8-16(9-11-18)17-12-14-19(15-13-17)23-24(5,6)21(2,3)4/h8-15,20,22H,7H2,1-6H3. The molecule has 24 heavy (non-hydrogen) atoms. The first-order chi connectivity index (χ1) is 11.1. The van der Waals surface area contributed by atoms with E-state index in [0.717, 1.165) is 28.9 Å². The van der Waals surface area contributed by atoms with E-state index in [9.17, 15) is 5.11 Å². The Morgan fingerprint density at radius 3 is 1.79 bits per heavy atom. The van der Waals surface area contributed by atoms with Gasteiger partial charge in [0.1, 0.15) is 5.75 Å². The fourth-order valence-electron chi connectivity index (χ4n) is 2.30. The Morgan fingerprint density at radius 2 is 1.38 bits per heavy atom. The Hall–Kier alpha value is -1.58. The van der Waals surface area contributed by atoms with E-state index in [2.05, 4.69) is 70.3 Å². The van der Waals surface area contributed by atoms with Gasteiger partial charge in [0.2, 0.25) is 8.32 Å². The number of benzene rings is 2. The topological polar surface area (TPSA) is 29.5 Å². The molecule has 1 N–H and O–H groups in total. The first-order valence-corrected chi connectivity index (χ1v) is 11.6. The lowest BCUT2D eigenvalue weighted by Gasteiger charge is -2.36. The van der Waals surface area contributed by atoms with Crippen LogP contribution in [0.3, 0.4) is 0 Å². The van der Waals surface area contributed by atoms with Crippen molar-refractivity contribution in [3.63, 3.8) is 0 Å². The van der Waals surface area contributed by atoms with Gasteiger partial charge in [-0.05, 0) is 53.4 Å². The molecule has 3 heteroatoms. The van der Waals surface area contributed by atoms with Crippen LogP contribution in [0.4, 0.5) is 0 Å². The summed E-state index contributed by atoms with van der Waals surface area (Å²) in [5, 5.41) is 10.1. The summed E-state index contributed by atoms with van der Waals surface area (Å²) in [5.41, 5.74) is 3.29. The molecule has 0 bridgehead atoms. The molecule has 2 rings (SSSR count). The van der Waals surface area contributed by atoms with E-state index in [1.807, 2.05) is 19.1 Å². The Balaban J connectivity index is 2.15. The van der Waals surface area contributed by atoms with Crippen molar-refractivity contribution in [2.24, 2.45) is 0 Å². The van der Waals surface area contributed by atoms with E-state index in [0.29, 0.717) is 0 Å². The molecular formula is C21H30O2Si. The average Bonchev–Trinajstić information content (AvgIpc) is 2.53. The van der Waals surface area contributed by atoms with Crippen LogP contribution < -0.4 is 4.43 Å². The molecule has 1 atom stereocenters. The largest absolute Gasteiger partial charge is 0.544 e. The van der Waals surface area contributed by atoms with Crippen LogP contribution in [0.25, 0.3) is 11.1 Å².